The molecule has 0 spiro atoms. The number of halogens is 3. The molecule has 1 aromatic carbocycles. The first kappa shape index (κ1) is 21.0. The number of nitrogens with one attached hydrogen (secondary N) is 2. The minimum Gasteiger partial charge on any atom is -0.267 e. The first-order valence-electron chi connectivity index (χ1n) is 9.29. The van der Waals surface area contributed by atoms with Gasteiger partial charge >= 0.3 is 6.18 Å². The Hall–Kier alpha value is -4.28. The highest BCUT2D eigenvalue weighted by atomic mass is 19.4. The Morgan fingerprint density at radius 3 is 2.41 bits per heavy atom. The van der Waals surface area contributed by atoms with Crippen molar-refractivity contribution < 1.29 is 22.8 Å². The minimum atomic E-state index is -4.51. The Kier molecular flexibility index (Phi) is 5.31. The molecule has 0 aliphatic heterocycles. The molecule has 8 nitrogen and oxygen atoms in total. The van der Waals surface area contributed by atoms with Crippen LogP contribution in [0.15, 0.2) is 60.9 Å². The zero-order valence-electron chi connectivity index (χ0n) is 16.5. The smallest absolute Gasteiger partial charge is 0.267 e. The van der Waals surface area contributed by atoms with Gasteiger partial charge in [-0.1, -0.05) is 24.3 Å². The first-order valence-corrected chi connectivity index (χ1v) is 9.29. The van der Waals surface area contributed by atoms with Crippen LogP contribution in [0.2, 0.25) is 0 Å². The molecule has 0 radical (unpaired) electrons. The summed E-state index contributed by atoms with van der Waals surface area (Å²) in [5.74, 6) is -1.16. The van der Waals surface area contributed by atoms with Crippen LogP contribution in [0, 0.1) is 6.92 Å². The number of hydrogen-bond acceptors (Lipinski definition) is 5. The highest BCUT2D eigenvalue weighted by molar-refractivity contribution is 5.99. The molecular weight excluding hydrogens is 425 g/mol. The SMILES string of the molecule is Cc1c(C(=O)NNC(=O)c2ccc3ccccc3n2)cnn1-c1ccc(C(F)(F)F)cn1. The maximum atomic E-state index is 12.7. The van der Waals surface area contributed by atoms with E-state index in [-0.39, 0.29) is 17.1 Å². The Bertz CT molecular complexity index is 1320. The van der Waals surface area contributed by atoms with Gasteiger partial charge in [-0.3, -0.25) is 20.4 Å². The third-order valence-corrected chi connectivity index (χ3v) is 4.67. The van der Waals surface area contributed by atoms with Crippen LogP contribution < -0.4 is 10.9 Å². The number of rotatable bonds is 3. The first-order chi connectivity index (χ1) is 15.2. The van der Waals surface area contributed by atoms with Gasteiger partial charge in [0.25, 0.3) is 11.8 Å². The number of para-hydroxylation sites is 1. The summed E-state index contributed by atoms with van der Waals surface area (Å²) in [4.78, 5) is 32.8. The molecule has 0 aliphatic rings. The Morgan fingerprint density at radius 2 is 1.69 bits per heavy atom. The molecular formula is C21H15F3N6O2. The molecule has 3 heterocycles. The van der Waals surface area contributed by atoms with Gasteiger partial charge in [0.15, 0.2) is 5.82 Å². The summed E-state index contributed by atoms with van der Waals surface area (Å²) in [6.07, 6.45) is -2.59. The summed E-state index contributed by atoms with van der Waals surface area (Å²) in [6.45, 7) is 1.55. The lowest BCUT2D eigenvalue weighted by atomic mass is 10.2. The van der Waals surface area contributed by atoms with E-state index in [1.54, 1.807) is 25.1 Å². The molecule has 162 valence electrons. The molecule has 2 N–H and O–H groups in total. The molecule has 0 saturated heterocycles. The van der Waals surface area contributed by atoms with Gasteiger partial charge in [-0.15, -0.1) is 0 Å². The van der Waals surface area contributed by atoms with Gasteiger partial charge in [0.2, 0.25) is 0 Å². The molecule has 0 bridgehead atoms. The molecule has 0 saturated carbocycles. The summed E-state index contributed by atoms with van der Waals surface area (Å²) < 4.78 is 39.3. The molecule has 0 atom stereocenters. The molecule has 2 amide bonds. The highest BCUT2D eigenvalue weighted by Crippen LogP contribution is 2.28. The van der Waals surface area contributed by atoms with E-state index < -0.39 is 23.6 Å². The number of nitrogens with zero attached hydrogens (tertiary/aromatic N) is 4. The molecule has 11 heteroatoms. The topological polar surface area (TPSA) is 102 Å². The van der Waals surface area contributed by atoms with Crippen LogP contribution in [0.3, 0.4) is 0 Å². The zero-order valence-corrected chi connectivity index (χ0v) is 16.5. The molecule has 4 rings (SSSR count). The second-order valence-corrected chi connectivity index (χ2v) is 6.76. The van der Waals surface area contributed by atoms with Gasteiger partial charge in [0.1, 0.15) is 5.69 Å². The van der Waals surface area contributed by atoms with Gasteiger partial charge in [0, 0.05) is 11.6 Å². The Labute approximate surface area is 179 Å². The van der Waals surface area contributed by atoms with Crippen LogP contribution in [0.5, 0.6) is 0 Å². The third-order valence-electron chi connectivity index (χ3n) is 4.67. The third kappa shape index (κ3) is 4.13. The van der Waals surface area contributed by atoms with Crippen molar-refractivity contribution in [2.75, 3.05) is 0 Å². The largest absolute Gasteiger partial charge is 0.417 e. The van der Waals surface area contributed by atoms with Gasteiger partial charge in [0.05, 0.1) is 28.5 Å². The summed E-state index contributed by atoms with van der Waals surface area (Å²) in [6, 6.07) is 12.6. The average Bonchev–Trinajstić information content (AvgIpc) is 3.17. The van der Waals surface area contributed by atoms with Crippen molar-refractivity contribution >= 4 is 22.7 Å². The zero-order chi connectivity index (χ0) is 22.9. The normalized spacial score (nSPS) is 11.4. The van der Waals surface area contributed by atoms with E-state index in [0.717, 1.165) is 17.5 Å². The number of fused-ring (bicyclic) bond motifs is 1. The fourth-order valence-corrected chi connectivity index (χ4v) is 2.98. The number of carbonyl (C=O) groups excluding carboxylic acids is 2. The van der Waals surface area contributed by atoms with Gasteiger partial charge < -0.3 is 0 Å². The standard InChI is InChI=1S/C21H15F3N6O2/c1-12-15(11-26-30(12)18-9-7-14(10-25-18)21(22,23)24)19(31)28-29-20(32)17-8-6-13-4-2-3-5-16(13)27-17/h2-11H,1H3,(H,28,31)(H,29,32). The molecule has 0 aliphatic carbocycles. The van der Waals surface area contributed by atoms with Crippen molar-refractivity contribution in [1.82, 2.24) is 30.6 Å². The Balaban J connectivity index is 1.46. The summed E-state index contributed by atoms with van der Waals surface area (Å²) in [5.41, 5.74) is 4.85. The van der Waals surface area contributed by atoms with Gasteiger partial charge in [-0.2, -0.15) is 18.3 Å². The number of benzene rings is 1. The van der Waals surface area contributed by atoms with Crippen molar-refractivity contribution in [3.63, 3.8) is 0 Å². The molecule has 3 aromatic heterocycles. The number of aromatic nitrogens is 4. The number of pyridine rings is 2. The predicted molar refractivity (Wildman–Crippen MR) is 108 cm³/mol. The van der Waals surface area contributed by atoms with Gasteiger partial charge in [-0.25, -0.2) is 14.6 Å². The fraction of sp³-hybridized carbons (Fsp3) is 0.0952. The Morgan fingerprint density at radius 1 is 0.938 bits per heavy atom. The lowest BCUT2D eigenvalue weighted by Gasteiger charge is -2.09. The van der Waals surface area contributed by atoms with Crippen molar-refractivity contribution in [2.45, 2.75) is 13.1 Å². The number of amides is 2. The van der Waals surface area contributed by atoms with E-state index in [9.17, 15) is 22.8 Å². The minimum absolute atomic E-state index is 0.110. The van der Waals surface area contributed by atoms with Crippen molar-refractivity contribution in [2.24, 2.45) is 0 Å². The molecule has 0 fully saturated rings. The monoisotopic (exact) mass is 440 g/mol. The van der Waals surface area contributed by atoms with Crippen LogP contribution in [0.25, 0.3) is 16.7 Å². The number of carbonyl (C=O) groups is 2. The van der Waals surface area contributed by atoms with E-state index in [4.69, 9.17) is 0 Å². The average molecular weight is 440 g/mol. The maximum Gasteiger partial charge on any atom is 0.417 e. The van der Waals surface area contributed by atoms with E-state index in [2.05, 4.69) is 25.9 Å². The van der Waals surface area contributed by atoms with E-state index >= 15 is 0 Å². The second kappa shape index (κ2) is 8.10. The number of alkyl halides is 3. The molecule has 4 aromatic rings. The lowest BCUT2D eigenvalue weighted by molar-refractivity contribution is -0.137. The predicted octanol–water partition coefficient (Wildman–Crippen LogP) is 3.22. The molecule has 0 unspecified atom stereocenters. The number of hydrazine groups is 1. The summed E-state index contributed by atoms with van der Waals surface area (Å²) in [7, 11) is 0. The maximum absolute atomic E-state index is 12.7. The highest BCUT2D eigenvalue weighted by Gasteiger charge is 2.30. The molecule has 32 heavy (non-hydrogen) atoms. The quantitative estimate of drug-likeness (QED) is 0.477. The summed E-state index contributed by atoms with van der Waals surface area (Å²) in [5, 5.41) is 4.87. The van der Waals surface area contributed by atoms with Crippen LogP contribution >= 0.6 is 0 Å². The van der Waals surface area contributed by atoms with E-state index in [1.807, 2.05) is 12.1 Å². The van der Waals surface area contributed by atoms with Crippen LogP contribution in [0.4, 0.5) is 13.2 Å². The van der Waals surface area contributed by atoms with Crippen molar-refractivity contribution in [3.8, 4) is 5.82 Å². The number of hydrogen-bond donors (Lipinski definition) is 2. The lowest BCUT2D eigenvalue weighted by Crippen LogP contribution is -2.42. The van der Waals surface area contributed by atoms with Crippen LogP contribution in [-0.4, -0.2) is 31.6 Å². The summed E-state index contributed by atoms with van der Waals surface area (Å²) >= 11 is 0. The van der Waals surface area contributed by atoms with E-state index in [1.165, 1.54) is 16.9 Å². The second-order valence-electron chi connectivity index (χ2n) is 6.76. The van der Waals surface area contributed by atoms with E-state index in [0.29, 0.717) is 17.4 Å². The van der Waals surface area contributed by atoms with Crippen molar-refractivity contribution in [1.29, 1.82) is 0 Å². The van der Waals surface area contributed by atoms with Crippen molar-refractivity contribution in [3.05, 3.63) is 83.4 Å². The van der Waals surface area contributed by atoms with Gasteiger partial charge in [-0.05, 0) is 31.2 Å². The fourth-order valence-electron chi connectivity index (χ4n) is 2.98. The van der Waals surface area contributed by atoms with Crippen LogP contribution in [0.1, 0.15) is 32.1 Å². The van der Waals surface area contributed by atoms with Crippen LogP contribution in [-0.2, 0) is 6.18 Å².